The lowest BCUT2D eigenvalue weighted by atomic mass is 10.0. The zero-order valence-corrected chi connectivity index (χ0v) is 12.7. The summed E-state index contributed by atoms with van der Waals surface area (Å²) in [5, 5.41) is 4.58. The van der Waals surface area contributed by atoms with Crippen LogP contribution < -0.4 is 15.2 Å². The molecular weight excluding hydrogens is 266 g/mol. The quantitative estimate of drug-likeness (QED) is 0.918. The lowest BCUT2D eigenvalue weighted by Gasteiger charge is -2.10. The van der Waals surface area contributed by atoms with Crippen molar-refractivity contribution in [1.82, 2.24) is 9.78 Å². The lowest BCUT2D eigenvalue weighted by molar-refractivity contribution is 0.355. The van der Waals surface area contributed by atoms with Gasteiger partial charge in [-0.1, -0.05) is 6.07 Å². The molecule has 2 N–H and O–H groups in total. The van der Waals surface area contributed by atoms with Gasteiger partial charge in [-0.2, -0.15) is 5.10 Å². The summed E-state index contributed by atoms with van der Waals surface area (Å²) in [6, 6.07) is 5.87. The van der Waals surface area contributed by atoms with Crippen LogP contribution in [-0.4, -0.2) is 24.0 Å². The van der Waals surface area contributed by atoms with Crippen LogP contribution in [0.2, 0.25) is 0 Å². The Balaban J connectivity index is 2.06. The highest BCUT2D eigenvalue weighted by atomic mass is 16.5. The minimum atomic E-state index is 0.692. The van der Waals surface area contributed by atoms with Crippen LogP contribution >= 0.6 is 0 Å². The first-order valence-corrected chi connectivity index (χ1v) is 7.17. The van der Waals surface area contributed by atoms with E-state index in [-0.39, 0.29) is 0 Å². The van der Waals surface area contributed by atoms with Crippen LogP contribution in [0.3, 0.4) is 0 Å². The molecule has 0 aliphatic heterocycles. The van der Waals surface area contributed by atoms with Crippen molar-refractivity contribution in [3.63, 3.8) is 0 Å². The summed E-state index contributed by atoms with van der Waals surface area (Å²) in [5.41, 5.74) is 9.34. The van der Waals surface area contributed by atoms with E-state index in [2.05, 4.69) is 5.10 Å². The number of benzene rings is 1. The molecule has 5 heteroatoms. The molecule has 1 aliphatic rings. The molecule has 21 heavy (non-hydrogen) atoms. The molecule has 1 fully saturated rings. The normalized spacial score (nSPS) is 14.2. The van der Waals surface area contributed by atoms with Crippen molar-refractivity contribution in [3.05, 3.63) is 23.9 Å². The molecule has 1 aromatic carbocycles. The number of nitrogens with zero attached hydrogens (tertiary/aromatic N) is 2. The average molecular weight is 287 g/mol. The molecule has 5 nitrogen and oxygen atoms in total. The van der Waals surface area contributed by atoms with Crippen LogP contribution in [0.25, 0.3) is 11.1 Å². The monoisotopic (exact) mass is 287 g/mol. The summed E-state index contributed by atoms with van der Waals surface area (Å²) in [5.74, 6) is 2.87. The van der Waals surface area contributed by atoms with E-state index in [1.807, 2.05) is 25.2 Å². The largest absolute Gasteiger partial charge is 0.493 e. The number of hydrogen-bond acceptors (Lipinski definition) is 4. The number of nitrogen functional groups attached to an aromatic ring is 1. The number of nitrogens with two attached hydrogens (primary N) is 1. The minimum absolute atomic E-state index is 0.692. The third-order valence-electron chi connectivity index (χ3n) is 4.02. The van der Waals surface area contributed by atoms with E-state index in [0.29, 0.717) is 17.3 Å². The Labute approximate surface area is 124 Å². The topological polar surface area (TPSA) is 62.3 Å². The maximum absolute atomic E-state index is 6.22. The van der Waals surface area contributed by atoms with Crippen LogP contribution in [0, 0.1) is 5.92 Å². The number of aromatic nitrogens is 2. The molecule has 0 unspecified atom stereocenters. The Morgan fingerprint density at radius 1 is 1.24 bits per heavy atom. The molecule has 1 aliphatic carbocycles. The molecule has 0 amide bonds. The van der Waals surface area contributed by atoms with E-state index in [1.54, 1.807) is 18.9 Å². The fourth-order valence-corrected chi connectivity index (χ4v) is 2.64. The van der Waals surface area contributed by atoms with E-state index in [4.69, 9.17) is 15.2 Å². The van der Waals surface area contributed by atoms with Crippen LogP contribution in [0.4, 0.5) is 5.82 Å². The van der Waals surface area contributed by atoms with Gasteiger partial charge in [0.1, 0.15) is 5.82 Å². The summed E-state index contributed by atoms with van der Waals surface area (Å²) >= 11 is 0. The maximum atomic E-state index is 6.22. The molecule has 0 spiro atoms. The van der Waals surface area contributed by atoms with Gasteiger partial charge in [-0.05, 0) is 42.9 Å². The molecular formula is C16H21N3O2. The highest BCUT2D eigenvalue weighted by Crippen LogP contribution is 2.39. The van der Waals surface area contributed by atoms with Gasteiger partial charge in [0.2, 0.25) is 0 Å². The summed E-state index contributed by atoms with van der Waals surface area (Å²) in [6.07, 6.45) is 3.58. The van der Waals surface area contributed by atoms with Crippen molar-refractivity contribution in [1.29, 1.82) is 0 Å². The number of ether oxygens (including phenoxy) is 2. The predicted molar refractivity (Wildman–Crippen MR) is 82.6 cm³/mol. The Morgan fingerprint density at radius 3 is 2.57 bits per heavy atom. The van der Waals surface area contributed by atoms with Gasteiger partial charge in [-0.3, -0.25) is 4.68 Å². The standard InChI is InChI=1S/C16H21N3O2/c1-19-16(17)15(12(18-19)8-10-4-5-10)11-6-7-13(20-2)14(9-11)21-3/h6-7,9-10H,4-5,8,17H2,1-3H3. The summed E-state index contributed by atoms with van der Waals surface area (Å²) in [4.78, 5) is 0. The predicted octanol–water partition coefficient (Wildman–Crippen LogP) is 2.64. The van der Waals surface area contributed by atoms with Crippen molar-refractivity contribution < 1.29 is 9.47 Å². The number of rotatable bonds is 5. The SMILES string of the molecule is COc1ccc(-c2c(CC3CC3)nn(C)c2N)cc1OC. The summed E-state index contributed by atoms with van der Waals surface area (Å²) in [7, 11) is 5.16. The first kappa shape index (κ1) is 13.8. The molecule has 0 saturated heterocycles. The number of anilines is 1. The van der Waals surface area contributed by atoms with E-state index in [0.717, 1.165) is 29.2 Å². The van der Waals surface area contributed by atoms with Crippen molar-refractivity contribution in [3.8, 4) is 22.6 Å². The maximum Gasteiger partial charge on any atom is 0.161 e. The lowest BCUT2D eigenvalue weighted by Crippen LogP contribution is -1.98. The molecule has 0 radical (unpaired) electrons. The van der Waals surface area contributed by atoms with Crippen molar-refractivity contribution in [2.45, 2.75) is 19.3 Å². The number of hydrogen-bond donors (Lipinski definition) is 1. The van der Waals surface area contributed by atoms with Crippen LogP contribution in [0.15, 0.2) is 18.2 Å². The third kappa shape index (κ3) is 2.55. The molecule has 0 atom stereocenters. The van der Waals surface area contributed by atoms with E-state index >= 15 is 0 Å². The Morgan fingerprint density at radius 2 is 1.95 bits per heavy atom. The fourth-order valence-electron chi connectivity index (χ4n) is 2.64. The highest BCUT2D eigenvalue weighted by molar-refractivity contribution is 5.78. The van der Waals surface area contributed by atoms with Crippen molar-refractivity contribution >= 4 is 5.82 Å². The first-order chi connectivity index (χ1) is 10.1. The van der Waals surface area contributed by atoms with Crippen LogP contribution in [0.5, 0.6) is 11.5 Å². The van der Waals surface area contributed by atoms with Crippen LogP contribution in [0.1, 0.15) is 18.5 Å². The van der Waals surface area contributed by atoms with Gasteiger partial charge >= 0.3 is 0 Å². The second kappa shape index (κ2) is 5.31. The van der Waals surface area contributed by atoms with E-state index in [1.165, 1.54) is 12.8 Å². The first-order valence-electron chi connectivity index (χ1n) is 7.17. The molecule has 112 valence electrons. The average Bonchev–Trinajstić information content (AvgIpc) is 3.25. The van der Waals surface area contributed by atoms with Crippen LogP contribution in [-0.2, 0) is 13.5 Å². The minimum Gasteiger partial charge on any atom is -0.493 e. The molecule has 2 aromatic rings. The number of aryl methyl sites for hydroxylation is 1. The summed E-state index contributed by atoms with van der Waals surface area (Å²) in [6.45, 7) is 0. The van der Waals surface area contributed by atoms with Crippen molar-refractivity contribution in [2.75, 3.05) is 20.0 Å². The van der Waals surface area contributed by atoms with Crippen molar-refractivity contribution in [2.24, 2.45) is 13.0 Å². The Hall–Kier alpha value is -2.17. The third-order valence-corrected chi connectivity index (χ3v) is 4.02. The van der Waals surface area contributed by atoms with Gasteiger partial charge in [-0.15, -0.1) is 0 Å². The van der Waals surface area contributed by atoms with Gasteiger partial charge in [0, 0.05) is 12.6 Å². The molecule has 1 aromatic heterocycles. The zero-order valence-electron chi connectivity index (χ0n) is 12.7. The van der Waals surface area contributed by atoms with Gasteiger partial charge in [0.25, 0.3) is 0 Å². The molecule has 3 rings (SSSR count). The molecule has 1 heterocycles. The highest BCUT2D eigenvalue weighted by Gasteiger charge is 2.26. The summed E-state index contributed by atoms with van der Waals surface area (Å²) < 4.78 is 12.4. The molecule has 1 saturated carbocycles. The second-order valence-electron chi connectivity index (χ2n) is 5.55. The van der Waals surface area contributed by atoms with Gasteiger partial charge in [0.05, 0.1) is 19.9 Å². The smallest absolute Gasteiger partial charge is 0.161 e. The van der Waals surface area contributed by atoms with Gasteiger partial charge < -0.3 is 15.2 Å². The number of methoxy groups -OCH3 is 2. The molecule has 0 bridgehead atoms. The van der Waals surface area contributed by atoms with E-state index in [9.17, 15) is 0 Å². The fraction of sp³-hybridized carbons (Fsp3) is 0.438. The second-order valence-corrected chi connectivity index (χ2v) is 5.55. The zero-order chi connectivity index (χ0) is 15.0. The van der Waals surface area contributed by atoms with Gasteiger partial charge in [-0.25, -0.2) is 0 Å². The Kier molecular flexibility index (Phi) is 3.49. The van der Waals surface area contributed by atoms with Gasteiger partial charge in [0.15, 0.2) is 11.5 Å². The van der Waals surface area contributed by atoms with E-state index < -0.39 is 0 Å². The Bertz CT molecular complexity index is 660.